The summed E-state index contributed by atoms with van der Waals surface area (Å²) in [6.45, 7) is 7.19. The van der Waals surface area contributed by atoms with Gasteiger partial charge < -0.3 is 10.0 Å². The molecule has 0 atom stereocenters. The highest BCUT2D eigenvalue weighted by Gasteiger charge is 2.18. The summed E-state index contributed by atoms with van der Waals surface area (Å²) in [7, 11) is 0. The lowest BCUT2D eigenvalue weighted by atomic mass is 10.1. The molecule has 164 valence electrons. The molecular formula is C27H27ClN2O2. The third kappa shape index (κ3) is 6.56. The van der Waals surface area contributed by atoms with E-state index in [9.17, 15) is 9.90 Å². The number of aryl methyl sites for hydroxylation is 1. The molecule has 1 N–H and O–H groups in total. The molecule has 3 aromatic rings. The van der Waals surface area contributed by atoms with Crippen LogP contribution in [0.5, 0.6) is 0 Å². The standard InChI is InChI=1S/C27H27ClN2O2/c1-20-8-6-7-11-25(20)27(29-21(2)23-12-14-24(28)15-13-23)30(19-17-26(31)32)18-16-22-9-4-3-5-10-22/h3-15H,2,16-19H2,1H3,(H,31,32). The van der Waals surface area contributed by atoms with Crippen molar-refractivity contribution in [2.24, 2.45) is 4.99 Å². The summed E-state index contributed by atoms with van der Waals surface area (Å²) in [4.78, 5) is 18.3. The van der Waals surface area contributed by atoms with E-state index in [1.54, 1.807) is 0 Å². The van der Waals surface area contributed by atoms with E-state index >= 15 is 0 Å². The van der Waals surface area contributed by atoms with E-state index in [-0.39, 0.29) is 6.42 Å². The van der Waals surface area contributed by atoms with Crippen LogP contribution < -0.4 is 0 Å². The van der Waals surface area contributed by atoms with Crippen molar-refractivity contribution in [3.8, 4) is 0 Å². The van der Waals surface area contributed by atoms with Gasteiger partial charge in [-0.15, -0.1) is 0 Å². The summed E-state index contributed by atoms with van der Waals surface area (Å²) in [6.07, 6.45) is 0.798. The molecule has 5 heteroatoms. The van der Waals surface area contributed by atoms with Crippen LogP contribution in [0, 0.1) is 6.92 Å². The number of carbonyl (C=O) groups is 1. The summed E-state index contributed by atoms with van der Waals surface area (Å²) < 4.78 is 0. The van der Waals surface area contributed by atoms with Gasteiger partial charge in [0.2, 0.25) is 0 Å². The number of rotatable bonds is 9. The molecule has 4 nitrogen and oxygen atoms in total. The predicted molar refractivity (Wildman–Crippen MR) is 132 cm³/mol. The maximum atomic E-state index is 11.4. The minimum absolute atomic E-state index is 0.0209. The second-order valence-electron chi connectivity index (χ2n) is 7.57. The van der Waals surface area contributed by atoms with Crippen LogP contribution in [0.3, 0.4) is 0 Å². The molecule has 3 aromatic carbocycles. The number of benzene rings is 3. The van der Waals surface area contributed by atoms with Gasteiger partial charge >= 0.3 is 5.97 Å². The van der Waals surface area contributed by atoms with E-state index in [0.717, 1.165) is 28.9 Å². The van der Waals surface area contributed by atoms with Gasteiger partial charge in [0.15, 0.2) is 0 Å². The number of aliphatic carboxylic acids is 1. The van der Waals surface area contributed by atoms with Crippen LogP contribution in [0.25, 0.3) is 5.70 Å². The Morgan fingerprint density at radius 1 is 0.969 bits per heavy atom. The second kappa shape index (κ2) is 11.3. The first-order chi connectivity index (χ1) is 15.4. The molecule has 0 aliphatic rings. The van der Waals surface area contributed by atoms with Crippen LogP contribution in [0.15, 0.2) is 90.4 Å². The summed E-state index contributed by atoms with van der Waals surface area (Å²) in [6, 6.07) is 25.5. The van der Waals surface area contributed by atoms with Gasteiger partial charge in [0.05, 0.1) is 12.1 Å². The summed E-state index contributed by atoms with van der Waals surface area (Å²) in [5.74, 6) is -0.115. The molecule has 0 saturated heterocycles. The highest BCUT2D eigenvalue weighted by Crippen LogP contribution is 2.21. The largest absolute Gasteiger partial charge is 0.481 e. The third-order valence-electron chi connectivity index (χ3n) is 5.21. The molecule has 0 aliphatic heterocycles. The van der Waals surface area contributed by atoms with Gasteiger partial charge in [0.25, 0.3) is 0 Å². The van der Waals surface area contributed by atoms with Crippen molar-refractivity contribution in [2.75, 3.05) is 13.1 Å². The molecule has 0 bridgehead atoms. The Hall–Kier alpha value is -3.37. The minimum Gasteiger partial charge on any atom is -0.481 e. The van der Waals surface area contributed by atoms with Crippen molar-refractivity contribution in [1.82, 2.24) is 4.90 Å². The normalized spacial score (nSPS) is 11.2. The molecule has 0 heterocycles. The Balaban J connectivity index is 1.99. The molecule has 0 radical (unpaired) electrons. The van der Waals surface area contributed by atoms with Crippen molar-refractivity contribution in [3.63, 3.8) is 0 Å². The van der Waals surface area contributed by atoms with E-state index in [0.29, 0.717) is 23.8 Å². The SMILES string of the molecule is C=C(N=C(c1ccccc1C)N(CCC(=O)O)CCc1ccccc1)c1ccc(Cl)cc1. The predicted octanol–water partition coefficient (Wildman–Crippen LogP) is 6.09. The van der Waals surface area contributed by atoms with E-state index < -0.39 is 5.97 Å². The van der Waals surface area contributed by atoms with Gasteiger partial charge in [0.1, 0.15) is 5.84 Å². The van der Waals surface area contributed by atoms with Crippen LogP contribution in [-0.2, 0) is 11.2 Å². The summed E-state index contributed by atoms with van der Waals surface area (Å²) in [5.41, 5.74) is 4.67. The quantitative estimate of drug-likeness (QED) is 0.320. The Morgan fingerprint density at radius 2 is 1.62 bits per heavy atom. The van der Waals surface area contributed by atoms with Crippen LogP contribution in [0.2, 0.25) is 5.02 Å². The molecule has 0 spiro atoms. The van der Waals surface area contributed by atoms with Crippen molar-refractivity contribution in [3.05, 3.63) is 113 Å². The number of carboxylic acid groups (broad SMARTS) is 1. The van der Waals surface area contributed by atoms with Crippen LogP contribution in [-0.4, -0.2) is 34.9 Å². The van der Waals surface area contributed by atoms with Gasteiger partial charge in [-0.25, -0.2) is 4.99 Å². The van der Waals surface area contributed by atoms with Gasteiger partial charge in [-0.1, -0.05) is 84.9 Å². The Morgan fingerprint density at radius 3 is 2.28 bits per heavy atom. The lowest BCUT2D eigenvalue weighted by Gasteiger charge is -2.27. The molecule has 0 saturated carbocycles. The number of halogens is 1. The molecular weight excluding hydrogens is 420 g/mol. The van der Waals surface area contributed by atoms with E-state index in [1.165, 1.54) is 5.56 Å². The van der Waals surface area contributed by atoms with Crippen LogP contribution in [0.4, 0.5) is 0 Å². The Bertz CT molecular complexity index is 1090. The first kappa shape index (κ1) is 23.3. The second-order valence-corrected chi connectivity index (χ2v) is 8.01. The van der Waals surface area contributed by atoms with Crippen molar-refractivity contribution in [1.29, 1.82) is 0 Å². The highest BCUT2D eigenvalue weighted by molar-refractivity contribution is 6.30. The lowest BCUT2D eigenvalue weighted by molar-refractivity contribution is -0.137. The smallest absolute Gasteiger partial charge is 0.305 e. The molecule has 0 unspecified atom stereocenters. The molecule has 32 heavy (non-hydrogen) atoms. The van der Waals surface area contributed by atoms with Gasteiger partial charge in [-0.2, -0.15) is 0 Å². The average Bonchev–Trinajstić information content (AvgIpc) is 2.79. The maximum Gasteiger partial charge on any atom is 0.305 e. The Labute approximate surface area is 194 Å². The summed E-state index contributed by atoms with van der Waals surface area (Å²) in [5, 5.41) is 9.99. The number of carboxylic acids is 1. The number of aliphatic imine (C=N–C) groups is 1. The topological polar surface area (TPSA) is 52.9 Å². The van der Waals surface area contributed by atoms with E-state index in [4.69, 9.17) is 16.6 Å². The number of amidine groups is 1. The highest BCUT2D eigenvalue weighted by atomic mass is 35.5. The third-order valence-corrected chi connectivity index (χ3v) is 5.46. The van der Waals surface area contributed by atoms with Crippen LogP contribution in [0.1, 0.15) is 28.7 Å². The molecule has 0 aliphatic carbocycles. The average molecular weight is 447 g/mol. The molecule has 0 fully saturated rings. The fourth-order valence-electron chi connectivity index (χ4n) is 3.42. The zero-order valence-corrected chi connectivity index (χ0v) is 18.9. The van der Waals surface area contributed by atoms with Gasteiger partial charge in [-0.05, 0) is 42.2 Å². The zero-order chi connectivity index (χ0) is 22.9. The minimum atomic E-state index is -0.838. The van der Waals surface area contributed by atoms with Crippen molar-refractivity contribution < 1.29 is 9.90 Å². The fraction of sp³-hybridized carbons (Fsp3) is 0.185. The zero-order valence-electron chi connectivity index (χ0n) is 18.2. The Kier molecular flexibility index (Phi) is 8.23. The van der Waals surface area contributed by atoms with Gasteiger partial charge in [0, 0.05) is 23.7 Å². The monoisotopic (exact) mass is 446 g/mol. The number of nitrogens with zero attached hydrogens (tertiary/aromatic N) is 2. The van der Waals surface area contributed by atoms with E-state index in [1.807, 2.05) is 78.6 Å². The molecule has 0 aromatic heterocycles. The molecule has 0 amide bonds. The maximum absolute atomic E-state index is 11.4. The first-order valence-electron chi connectivity index (χ1n) is 10.5. The lowest BCUT2D eigenvalue weighted by Crippen LogP contribution is -2.36. The first-order valence-corrected chi connectivity index (χ1v) is 10.9. The van der Waals surface area contributed by atoms with Crippen LogP contribution >= 0.6 is 11.6 Å². The number of hydrogen-bond acceptors (Lipinski definition) is 2. The number of hydrogen-bond donors (Lipinski definition) is 1. The van der Waals surface area contributed by atoms with Gasteiger partial charge in [-0.3, -0.25) is 4.79 Å². The fourth-order valence-corrected chi connectivity index (χ4v) is 3.55. The van der Waals surface area contributed by atoms with E-state index in [2.05, 4.69) is 18.7 Å². The summed E-state index contributed by atoms with van der Waals surface area (Å²) >= 11 is 6.03. The molecule has 3 rings (SSSR count). The van der Waals surface area contributed by atoms with Crippen molar-refractivity contribution in [2.45, 2.75) is 19.8 Å². The van der Waals surface area contributed by atoms with Crippen molar-refractivity contribution >= 4 is 29.1 Å².